The Morgan fingerprint density at radius 1 is 0.846 bits per heavy atom. The number of fused-ring (bicyclic) bond motifs is 2. The van der Waals surface area contributed by atoms with Crippen molar-refractivity contribution < 1.29 is 28.9 Å². The molecule has 2 fully saturated rings. The molecular formula is C28H37BrN4O6. The molecule has 1 N–H and O–H groups in total. The third-order valence-corrected chi connectivity index (χ3v) is 6.68. The molecule has 39 heavy (non-hydrogen) atoms. The van der Waals surface area contributed by atoms with Gasteiger partial charge < -0.3 is 19.3 Å². The highest BCUT2D eigenvalue weighted by molar-refractivity contribution is 9.10. The van der Waals surface area contributed by atoms with Gasteiger partial charge in [-0.2, -0.15) is 10.2 Å². The number of aliphatic hydroxyl groups excluding tert-OH is 1. The Balaban J connectivity index is 0.000000227. The molecule has 10 nitrogen and oxygen atoms in total. The van der Waals surface area contributed by atoms with Gasteiger partial charge in [-0.25, -0.2) is 18.6 Å². The van der Waals surface area contributed by atoms with Gasteiger partial charge in [-0.3, -0.25) is 0 Å². The van der Waals surface area contributed by atoms with Gasteiger partial charge in [0.05, 0.1) is 56.1 Å². The van der Waals surface area contributed by atoms with Crippen LogP contribution in [0, 0.1) is 0 Å². The minimum Gasteiger partial charge on any atom is -0.489 e. The highest BCUT2D eigenvalue weighted by Gasteiger charge is 2.20. The molecule has 2 saturated carbocycles. The average molecular weight is 606 g/mol. The molecule has 0 atom stereocenters. The third-order valence-electron chi connectivity index (χ3n) is 6.21. The smallest absolute Gasteiger partial charge is 0.341 e. The summed E-state index contributed by atoms with van der Waals surface area (Å²) in [5, 5.41) is 16.6. The van der Waals surface area contributed by atoms with Crippen LogP contribution in [0.15, 0.2) is 53.5 Å². The Labute approximate surface area is 237 Å². The molecule has 0 aliphatic heterocycles. The third kappa shape index (κ3) is 7.79. The molecule has 6 rings (SSSR count). The van der Waals surface area contributed by atoms with Gasteiger partial charge in [0.1, 0.15) is 16.9 Å². The molecule has 0 amide bonds. The Hall–Kier alpha value is -3.44. The standard InChI is InChI=1S/C13H14N2O3.C9H7BrN2O2.C4H8O.2CH4/c1-17-13(16)11-7-14-15-8-10(5-6-12(11)15)18-9-3-2-4-9;1-14-9(13)7-4-11-12-5-6(10)2-3-8(7)12;5-4-2-1-3-4;;/h5-9H,2-4H2,1H3;2-5H,1H3;4-5H,1-3H2;2*1H4. The van der Waals surface area contributed by atoms with Crippen LogP contribution in [0.4, 0.5) is 0 Å². The number of hydrogen-bond donors (Lipinski definition) is 1. The number of rotatable bonds is 4. The minimum atomic E-state index is -0.377. The maximum absolute atomic E-state index is 11.5. The second kappa shape index (κ2) is 14.6. The van der Waals surface area contributed by atoms with Crippen molar-refractivity contribution in [1.82, 2.24) is 19.2 Å². The van der Waals surface area contributed by atoms with Crippen LogP contribution in [-0.4, -0.2) is 62.7 Å². The first-order valence-electron chi connectivity index (χ1n) is 12.0. The maximum atomic E-state index is 11.5. The highest BCUT2D eigenvalue weighted by atomic mass is 79.9. The van der Waals surface area contributed by atoms with E-state index >= 15 is 0 Å². The van der Waals surface area contributed by atoms with E-state index < -0.39 is 0 Å². The second-order valence-electron chi connectivity index (χ2n) is 8.73. The van der Waals surface area contributed by atoms with E-state index in [9.17, 15) is 9.59 Å². The maximum Gasteiger partial charge on any atom is 0.341 e. The van der Waals surface area contributed by atoms with E-state index in [2.05, 4.69) is 30.9 Å². The Morgan fingerprint density at radius 3 is 1.77 bits per heavy atom. The van der Waals surface area contributed by atoms with Gasteiger partial charge in [0, 0.05) is 10.7 Å². The van der Waals surface area contributed by atoms with Crippen LogP contribution in [0.3, 0.4) is 0 Å². The van der Waals surface area contributed by atoms with E-state index in [1.165, 1.54) is 39.5 Å². The van der Waals surface area contributed by atoms with Crippen molar-refractivity contribution in [1.29, 1.82) is 0 Å². The lowest BCUT2D eigenvalue weighted by Gasteiger charge is -2.26. The number of carbonyl (C=O) groups excluding carboxylic acids is 2. The molecule has 0 aromatic carbocycles. The fourth-order valence-corrected chi connectivity index (χ4v) is 3.92. The van der Waals surface area contributed by atoms with Crippen LogP contribution in [-0.2, 0) is 9.47 Å². The number of carbonyl (C=O) groups is 2. The molecular weight excluding hydrogens is 568 g/mol. The summed E-state index contributed by atoms with van der Waals surface area (Å²) in [7, 11) is 2.71. The molecule has 0 saturated heterocycles. The van der Waals surface area contributed by atoms with Crippen molar-refractivity contribution in [3.05, 3.63) is 64.7 Å². The lowest BCUT2D eigenvalue weighted by Crippen LogP contribution is -2.24. The summed E-state index contributed by atoms with van der Waals surface area (Å²) in [5.74, 6) is 0.0340. The number of ether oxygens (including phenoxy) is 3. The number of aliphatic hydroxyl groups is 1. The topological polar surface area (TPSA) is 117 Å². The van der Waals surface area contributed by atoms with Gasteiger partial charge in [0.2, 0.25) is 0 Å². The Morgan fingerprint density at radius 2 is 1.33 bits per heavy atom. The summed E-state index contributed by atoms with van der Waals surface area (Å²) in [6, 6.07) is 7.35. The molecule has 11 heteroatoms. The molecule has 4 heterocycles. The fraction of sp³-hybridized carbons (Fsp3) is 0.429. The second-order valence-corrected chi connectivity index (χ2v) is 9.64. The van der Waals surface area contributed by atoms with Gasteiger partial charge in [0.25, 0.3) is 0 Å². The number of esters is 2. The number of aromatic nitrogens is 4. The molecule has 0 unspecified atom stereocenters. The normalized spacial score (nSPS) is 14.2. The summed E-state index contributed by atoms with van der Waals surface area (Å²) in [6.45, 7) is 0. The quantitative estimate of drug-likeness (QED) is 0.293. The minimum absolute atomic E-state index is 0. The molecule has 0 spiro atoms. The summed E-state index contributed by atoms with van der Waals surface area (Å²) in [6.07, 6.45) is 13.8. The van der Waals surface area contributed by atoms with E-state index in [4.69, 9.17) is 14.6 Å². The lowest BCUT2D eigenvalue weighted by atomic mass is 9.96. The van der Waals surface area contributed by atoms with E-state index in [-0.39, 0.29) is 32.9 Å². The fourth-order valence-electron chi connectivity index (χ4n) is 3.60. The number of methoxy groups -OCH3 is 2. The zero-order chi connectivity index (χ0) is 26.4. The van der Waals surface area contributed by atoms with Gasteiger partial charge in [-0.05, 0) is 78.7 Å². The van der Waals surface area contributed by atoms with E-state index in [1.807, 2.05) is 24.3 Å². The summed E-state index contributed by atoms with van der Waals surface area (Å²) in [4.78, 5) is 22.8. The largest absolute Gasteiger partial charge is 0.489 e. The van der Waals surface area contributed by atoms with Crippen LogP contribution in [0.5, 0.6) is 5.75 Å². The van der Waals surface area contributed by atoms with Crippen molar-refractivity contribution in [2.24, 2.45) is 0 Å². The van der Waals surface area contributed by atoms with Gasteiger partial charge >= 0.3 is 11.9 Å². The van der Waals surface area contributed by atoms with Crippen molar-refractivity contribution in [2.45, 2.75) is 65.6 Å². The first-order valence-corrected chi connectivity index (χ1v) is 12.8. The predicted molar refractivity (Wildman–Crippen MR) is 152 cm³/mol. The van der Waals surface area contributed by atoms with Crippen molar-refractivity contribution in [2.75, 3.05) is 14.2 Å². The zero-order valence-electron chi connectivity index (χ0n) is 20.7. The highest BCUT2D eigenvalue weighted by Crippen LogP contribution is 2.26. The Kier molecular flexibility index (Phi) is 11.9. The molecule has 0 bridgehead atoms. The number of halogens is 1. The van der Waals surface area contributed by atoms with Gasteiger partial charge in [-0.15, -0.1) is 0 Å². The number of nitrogens with zero attached hydrogens (tertiary/aromatic N) is 4. The Bertz CT molecular complexity index is 1380. The SMILES string of the molecule is C.C.COC(=O)c1cnn2cc(Br)ccc12.COC(=O)c1cnn2cc(OC3CCC3)ccc12.OC1CCC1. The first-order chi connectivity index (χ1) is 17.9. The van der Waals surface area contributed by atoms with Crippen LogP contribution in [0.2, 0.25) is 0 Å². The number of hydrogen-bond acceptors (Lipinski definition) is 8. The molecule has 0 radical (unpaired) electrons. The summed E-state index contributed by atoms with van der Waals surface area (Å²) in [5.41, 5.74) is 2.40. The molecule has 4 aromatic rings. The van der Waals surface area contributed by atoms with Gasteiger partial charge in [0.15, 0.2) is 0 Å². The molecule has 212 valence electrons. The molecule has 2 aliphatic rings. The molecule has 4 aromatic heterocycles. The molecule has 2 aliphatic carbocycles. The van der Waals surface area contributed by atoms with Crippen LogP contribution >= 0.6 is 15.9 Å². The summed E-state index contributed by atoms with van der Waals surface area (Å²) < 4.78 is 19.3. The average Bonchev–Trinajstić information content (AvgIpc) is 3.48. The van der Waals surface area contributed by atoms with Crippen molar-refractivity contribution in [3.63, 3.8) is 0 Å². The van der Waals surface area contributed by atoms with E-state index in [1.54, 1.807) is 21.4 Å². The number of pyridine rings is 2. The van der Waals surface area contributed by atoms with Gasteiger partial charge in [-0.1, -0.05) is 14.9 Å². The summed E-state index contributed by atoms with van der Waals surface area (Å²) >= 11 is 3.32. The lowest BCUT2D eigenvalue weighted by molar-refractivity contribution is 0.0594. The van der Waals surface area contributed by atoms with Crippen molar-refractivity contribution in [3.8, 4) is 5.75 Å². The first kappa shape index (κ1) is 31.8. The van der Waals surface area contributed by atoms with Crippen LogP contribution in [0.1, 0.15) is 74.1 Å². The van der Waals surface area contributed by atoms with Crippen LogP contribution in [0.25, 0.3) is 11.0 Å². The van der Waals surface area contributed by atoms with E-state index in [0.29, 0.717) is 17.2 Å². The van der Waals surface area contributed by atoms with Crippen LogP contribution < -0.4 is 4.74 Å². The predicted octanol–water partition coefficient (Wildman–Crippen LogP) is 5.74. The van der Waals surface area contributed by atoms with Crippen molar-refractivity contribution >= 4 is 38.9 Å². The van der Waals surface area contributed by atoms with E-state index in [0.717, 1.165) is 46.9 Å². The zero-order valence-corrected chi connectivity index (χ0v) is 22.3. The monoisotopic (exact) mass is 604 g/mol.